The minimum absolute atomic E-state index is 0.0549. The summed E-state index contributed by atoms with van der Waals surface area (Å²) in [7, 11) is 0. The van der Waals surface area contributed by atoms with E-state index in [1.807, 2.05) is 42.5 Å². The van der Waals surface area contributed by atoms with Crippen LogP contribution in [0.25, 0.3) is 11.3 Å². The molecular formula is C21H19N7O2. The van der Waals surface area contributed by atoms with Crippen molar-refractivity contribution < 1.29 is 9.59 Å². The molecule has 0 aliphatic carbocycles. The molecule has 0 spiro atoms. The van der Waals surface area contributed by atoms with Crippen LogP contribution in [-0.2, 0) is 16.1 Å². The zero-order valence-electron chi connectivity index (χ0n) is 15.9. The lowest BCUT2D eigenvalue weighted by Gasteiger charge is -2.19. The summed E-state index contributed by atoms with van der Waals surface area (Å²) in [6.07, 6.45) is 4.53. The monoisotopic (exact) mass is 401 g/mol. The molecule has 1 aromatic carbocycles. The standard InChI is InChI=1S/C21H19N7O2/c22-8-16(12-26-21-27-13-17(9-23)20(30)28-21)19(29)25-11-14-6-7-18(24-10-14)15-4-2-1-3-5-15/h1-8,10,12-13,21,27H,11,22H2,(H,25,29)(H,28,30)/b16-8+,26-12+. The van der Waals surface area contributed by atoms with Crippen molar-refractivity contribution in [3.63, 3.8) is 0 Å². The van der Waals surface area contributed by atoms with Crippen LogP contribution >= 0.6 is 0 Å². The first-order chi connectivity index (χ1) is 14.6. The fourth-order valence-electron chi connectivity index (χ4n) is 2.56. The highest BCUT2D eigenvalue weighted by Gasteiger charge is 2.19. The largest absolute Gasteiger partial charge is 0.404 e. The Morgan fingerprint density at radius 3 is 2.73 bits per heavy atom. The predicted octanol–water partition coefficient (Wildman–Crippen LogP) is 0.689. The van der Waals surface area contributed by atoms with Crippen LogP contribution in [0.3, 0.4) is 0 Å². The van der Waals surface area contributed by atoms with Crippen molar-refractivity contribution in [2.24, 2.45) is 10.7 Å². The third-order valence-electron chi connectivity index (χ3n) is 4.17. The van der Waals surface area contributed by atoms with Gasteiger partial charge in [-0.05, 0) is 11.6 Å². The summed E-state index contributed by atoms with van der Waals surface area (Å²) >= 11 is 0. The van der Waals surface area contributed by atoms with Gasteiger partial charge in [-0.3, -0.25) is 14.6 Å². The second-order valence-corrected chi connectivity index (χ2v) is 6.21. The van der Waals surface area contributed by atoms with E-state index >= 15 is 0 Å². The normalized spacial score (nSPS) is 16.2. The Kier molecular flexibility index (Phi) is 6.53. The lowest BCUT2D eigenvalue weighted by atomic mass is 10.1. The average molecular weight is 401 g/mol. The SMILES string of the molecule is N#CC1=CNC(/N=C/C(=C\N)C(=O)NCc2ccc(-c3ccccc3)nc2)NC1=O. The number of rotatable bonds is 6. The molecule has 1 atom stereocenters. The summed E-state index contributed by atoms with van der Waals surface area (Å²) in [6.45, 7) is 0.263. The highest BCUT2D eigenvalue weighted by molar-refractivity contribution is 6.12. The van der Waals surface area contributed by atoms with Crippen molar-refractivity contribution in [1.82, 2.24) is 20.9 Å². The minimum Gasteiger partial charge on any atom is -0.404 e. The molecule has 0 saturated heterocycles. The zero-order chi connectivity index (χ0) is 21.3. The number of hydrogen-bond acceptors (Lipinski definition) is 7. The Labute approximate surface area is 173 Å². The number of nitrogens with one attached hydrogen (secondary N) is 3. The number of nitriles is 1. The molecular weight excluding hydrogens is 382 g/mol. The van der Waals surface area contributed by atoms with E-state index in [2.05, 4.69) is 25.9 Å². The zero-order valence-corrected chi connectivity index (χ0v) is 15.9. The van der Waals surface area contributed by atoms with Crippen LogP contribution in [-0.4, -0.2) is 29.3 Å². The molecule has 1 unspecified atom stereocenters. The van der Waals surface area contributed by atoms with Crippen molar-refractivity contribution in [2.75, 3.05) is 0 Å². The summed E-state index contributed by atoms with van der Waals surface area (Å²) in [5.41, 5.74) is 8.27. The summed E-state index contributed by atoms with van der Waals surface area (Å²) in [5, 5.41) is 16.7. The summed E-state index contributed by atoms with van der Waals surface area (Å²) in [5.74, 6) is -0.976. The van der Waals surface area contributed by atoms with Crippen molar-refractivity contribution in [1.29, 1.82) is 5.26 Å². The predicted molar refractivity (Wildman–Crippen MR) is 111 cm³/mol. The number of carbonyl (C=O) groups is 2. The lowest BCUT2D eigenvalue weighted by molar-refractivity contribution is -0.118. The van der Waals surface area contributed by atoms with Gasteiger partial charge in [0.25, 0.3) is 11.8 Å². The maximum atomic E-state index is 12.3. The van der Waals surface area contributed by atoms with E-state index in [1.165, 1.54) is 12.4 Å². The van der Waals surface area contributed by atoms with E-state index in [4.69, 9.17) is 11.0 Å². The minimum atomic E-state index is -0.799. The third kappa shape index (κ3) is 5.08. The van der Waals surface area contributed by atoms with Gasteiger partial charge in [-0.2, -0.15) is 5.26 Å². The number of aromatic nitrogens is 1. The first-order valence-electron chi connectivity index (χ1n) is 9.01. The van der Waals surface area contributed by atoms with Crippen LogP contribution in [0.2, 0.25) is 0 Å². The topological polar surface area (TPSA) is 145 Å². The van der Waals surface area contributed by atoms with E-state index in [-0.39, 0.29) is 17.7 Å². The molecule has 150 valence electrons. The first-order valence-corrected chi connectivity index (χ1v) is 9.01. The van der Waals surface area contributed by atoms with Crippen LogP contribution in [0, 0.1) is 11.3 Å². The van der Waals surface area contributed by atoms with E-state index in [9.17, 15) is 9.59 Å². The van der Waals surface area contributed by atoms with Gasteiger partial charge in [0.15, 0.2) is 6.29 Å². The van der Waals surface area contributed by atoms with Crippen LogP contribution < -0.4 is 21.7 Å². The molecule has 9 heteroatoms. The summed E-state index contributed by atoms with van der Waals surface area (Å²) < 4.78 is 0. The van der Waals surface area contributed by atoms with Crippen LogP contribution in [0.5, 0.6) is 0 Å². The maximum Gasteiger partial charge on any atom is 0.266 e. The highest BCUT2D eigenvalue weighted by Crippen LogP contribution is 2.16. The first kappa shape index (κ1) is 20.3. The molecule has 0 radical (unpaired) electrons. The molecule has 2 amide bonds. The molecule has 0 bridgehead atoms. The Balaban J connectivity index is 1.55. The summed E-state index contributed by atoms with van der Waals surface area (Å²) in [6, 6.07) is 15.3. The van der Waals surface area contributed by atoms with Gasteiger partial charge in [-0.1, -0.05) is 36.4 Å². The molecule has 0 saturated carbocycles. The Morgan fingerprint density at radius 2 is 2.10 bits per heavy atom. The molecule has 3 rings (SSSR count). The Hall–Kier alpha value is -4.45. The van der Waals surface area contributed by atoms with Gasteiger partial charge in [-0.15, -0.1) is 0 Å². The smallest absolute Gasteiger partial charge is 0.266 e. The number of aliphatic imine (C=N–C) groups is 1. The van der Waals surface area contributed by atoms with Crippen molar-refractivity contribution in [3.8, 4) is 17.3 Å². The number of amides is 2. The van der Waals surface area contributed by atoms with Gasteiger partial charge in [0.05, 0.1) is 11.3 Å². The van der Waals surface area contributed by atoms with Crippen molar-refractivity contribution >= 4 is 18.0 Å². The molecule has 2 heterocycles. The Morgan fingerprint density at radius 1 is 1.30 bits per heavy atom. The molecule has 30 heavy (non-hydrogen) atoms. The number of benzene rings is 1. The number of pyridine rings is 1. The number of carbonyl (C=O) groups excluding carboxylic acids is 2. The molecule has 0 fully saturated rings. The molecule has 1 aromatic heterocycles. The van der Waals surface area contributed by atoms with Crippen LogP contribution in [0.1, 0.15) is 5.56 Å². The molecule has 2 aromatic rings. The highest BCUT2D eigenvalue weighted by atomic mass is 16.2. The van der Waals surface area contributed by atoms with Gasteiger partial charge >= 0.3 is 0 Å². The second-order valence-electron chi connectivity index (χ2n) is 6.21. The van der Waals surface area contributed by atoms with Gasteiger partial charge in [0.1, 0.15) is 11.6 Å². The van der Waals surface area contributed by atoms with Crippen molar-refractivity contribution in [2.45, 2.75) is 12.8 Å². The molecule has 5 N–H and O–H groups in total. The van der Waals surface area contributed by atoms with Gasteiger partial charge in [0.2, 0.25) is 0 Å². The van der Waals surface area contributed by atoms with Gasteiger partial charge in [-0.25, -0.2) is 4.99 Å². The van der Waals surface area contributed by atoms with E-state index in [0.717, 1.165) is 23.0 Å². The molecule has 1 aliphatic heterocycles. The average Bonchev–Trinajstić information content (AvgIpc) is 2.79. The lowest BCUT2D eigenvalue weighted by Crippen LogP contribution is -2.46. The molecule has 1 aliphatic rings. The fourth-order valence-corrected chi connectivity index (χ4v) is 2.56. The fraction of sp³-hybridized carbons (Fsp3) is 0.0952. The number of nitrogens with two attached hydrogens (primary N) is 1. The second kappa shape index (κ2) is 9.66. The van der Waals surface area contributed by atoms with Crippen molar-refractivity contribution in [3.05, 3.63) is 77.8 Å². The van der Waals surface area contributed by atoms with Gasteiger partial charge in [0, 0.05) is 36.9 Å². The summed E-state index contributed by atoms with van der Waals surface area (Å²) in [4.78, 5) is 32.4. The maximum absolute atomic E-state index is 12.3. The van der Waals surface area contributed by atoms with E-state index < -0.39 is 18.1 Å². The van der Waals surface area contributed by atoms with Gasteiger partial charge < -0.3 is 21.7 Å². The Bertz CT molecular complexity index is 1050. The quantitative estimate of drug-likeness (QED) is 0.414. The third-order valence-corrected chi connectivity index (χ3v) is 4.17. The van der Waals surface area contributed by atoms with E-state index in [1.54, 1.807) is 12.3 Å². The van der Waals surface area contributed by atoms with Crippen LogP contribution in [0.15, 0.2) is 77.2 Å². The molecule has 9 nitrogen and oxygen atoms in total. The number of nitrogens with zero attached hydrogens (tertiary/aromatic N) is 3. The van der Waals surface area contributed by atoms with E-state index in [0.29, 0.717) is 0 Å². The van der Waals surface area contributed by atoms with Crippen LogP contribution in [0.4, 0.5) is 0 Å². The number of hydrogen-bond donors (Lipinski definition) is 4.